The third-order valence-electron chi connectivity index (χ3n) is 4.01. The number of likely N-dealkylation sites (N-methyl/N-ethyl adjacent to an activating group) is 1. The number of amides is 1. The van der Waals surface area contributed by atoms with Gasteiger partial charge in [-0.2, -0.15) is 0 Å². The third-order valence-corrected chi connectivity index (χ3v) is 5.18. The van der Waals surface area contributed by atoms with E-state index in [9.17, 15) is 9.18 Å². The van der Waals surface area contributed by atoms with Gasteiger partial charge in [0.2, 0.25) is 5.91 Å². The summed E-state index contributed by atoms with van der Waals surface area (Å²) in [5.41, 5.74) is 1.72. The van der Waals surface area contributed by atoms with E-state index in [2.05, 4.69) is 15.3 Å². The summed E-state index contributed by atoms with van der Waals surface area (Å²) < 4.78 is 19.0. The minimum absolute atomic E-state index is 0.0734. The lowest BCUT2D eigenvalue weighted by Gasteiger charge is -2.18. The van der Waals surface area contributed by atoms with Crippen LogP contribution in [0.3, 0.4) is 0 Å². The van der Waals surface area contributed by atoms with Gasteiger partial charge in [-0.25, -0.2) is 14.4 Å². The summed E-state index contributed by atoms with van der Waals surface area (Å²) in [6, 6.07) is 8.31. The average Bonchev–Trinajstić information content (AvgIpc) is 3.10. The van der Waals surface area contributed by atoms with Crippen LogP contribution in [0, 0.1) is 5.82 Å². The molecular formula is C19H21FN4O2S. The first-order valence-corrected chi connectivity index (χ1v) is 9.37. The van der Waals surface area contributed by atoms with Gasteiger partial charge in [0.15, 0.2) is 0 Å². The topological polar surface area (TPSA) is 67.3 Å². The molecule has 1 aromatic carbocycles. The van der Waals surface area contributed by atoms with E-state index in [1.165, 1.54) is 29.8 Å². The van der Waals surface area contributed by atoms with Crippen molar-refractivity contribution in [2.24, 2.45) is 0 Å². The summed E-state index contributed by atoms with van der Waals surface area (Å²) >= 11 is 1.53. The Morgan fingerprint density at radius 2 is 2.07 bits per heavy atom. The van der Waals surface area contributed by atoms with Crippen LogP contribution in [0.4, 0.5) is 10.2 Å². The van der Waals surface area contributed by atoms with Crippen LogP contribution in [0.15, 0.2) is 36.7 Å². The SMILES string of the molecule is COCCCNC(=O)CN(C)c1ncnc2cc(-c3ccc(F)cc3)sc12. The van der Waals surface area contributed by atoms with Gasteiger partial charge < -0.3 is 15.0 Å². The van der Waals surface area contributed by atoms with E-state index < -0.39 is 0 Å². The summed E-state index contributed by atoms with van der Waals surface area (Å²) in [6.07, 6.45) is 2.27. The van der Waals surface area contributed by atoms with E-state index in [1.54, 1.807) is 24.1 Å². The quantitative estimate of drug-likeness (QED) is 0.601. The maximum Gasteiger partial charge on any atom is 0.239 e. The molecule has 0 atom stereocenters. The molecule has 142 valence electrons. The highest BCUT2D eigenvalue weighted by Gasteiger charge is 2.15. The Morgan fingerprint density at radius 3 is 2.81 bits per heavy atom. The molecule has 0 aliphatic carbocycles. The number of hydrogen-bond donors (Lipinski definition) is 1. The number of benzene rings is 1. The number of anilines is 1. The predicted molar refractivity (Wildman–Crippen MR) is 106 cm³/mol. The molecule has 0 unspecified atom stereocenters. The largest absolute Gasteiger partial charge is 0.385 e. The van der Waals surface area contributed by atoms with Crippen LogP contribution in [0.5, 0.6) is 0 Å². The van der Waals surface area contributed by atoms with Crippen molar-refractivity contribution >= 4 is 33.3 Å². The van der Waals surface area contributed by atoms with Gasteiger partial charge in [-0.3, -0.25) is 4.79 Å². The van der Waals surface area contributed by atoms with Crippen molar-refractivity contribution in [2.45, 2.75) is 6.42 Å². The number of carbonyl (C=O) groups excluding carboxylic acids is 1. The lowest BCUT2D eigenvalue weighted by atomic mass is 10.2. The van der Waals surface area contributed by atoms with E-state index in [4.69, 9.17) is 4.74 Å². The summed E-state index contributed by atoms with van der Waals surface area (Å²) in [5.74, 6) is 0.359. The Bertz CT molecular complexity index is 914. The number of halogens is 1. The Kier molecular flexibility index (Phi) is 6.31. The van der Waals surface area contributed by atoms with Crippen molar-refractivity contribution in [1.82, 2.24) is 15.3 Å². The number of methoxy groups -OCH3 is 1. The zero-order valence-electron chi connectivity index (χ0n) is 15.2. The lowest BCUT2D eigenvalue weighted by molar-refractivity contribution is -0.119. The highest BCUT2D eigenvalue weighted by molar-refractivity contribution is 7.22. The normalized spacial score (nSPS) is 10.9. The van der Waals surface area contributed by atoms with Crippen molar-refractivity contribution in [1.29, 1.82) is 0 Å². The zero-order chi connectivity index (χ0) is 19.2. The molecule has 0 spiro atoms. The molecule has 6 nitrogen and oxygen atoms in total. The molecule has 3 aromatic rings. The molecule has 0 fully saturated rings. The minimum atomic E-state index is -0.267. The fourth-order valence-electron chi connectivity index (χ4n) is 2.66. The average molecular weight is 388 g/mol. The summed E-state index contributed by atoms with van der Waals surface area (Å²) in [5, 5.41) is 2.87. The molecule has 8 heteroatoms. The predicted octanol–water partition coefficient (Wildman–Crippen LogP) is 3.09. The summed E-state index contributed by atoms with van der Waals surface area (Å²) in [7, 11) is 3.46. The van der Waals surface area contributed by atoms with Crippen molar-refractivity contribution in [3.05, 3.63) is 42.5 Å². The monoisotopic (exact) mass is 388 g/mol. The Balaban J connectivity index is 1.76. The molecular weight excluding hydrogens is 367 g/mol. The van der Waals surface area contributed by atoms with E-state index in [0.29, 0.717) is 19.0 Å². The van der Waals surface area contributed by atoms with Gasteiger partial charge in [-0.05, 0) is 30.2 Å². The van der Waals surface area contributed by atoms with Crippen LogP contribution in [-0.2, 0) is 9.53 Å². The Hall–Kier alpha value is -2.58. The molecule has 0 bridgehead atoms. The van der Waals surface area contributed by atoms with Gasteiger partial charge in [-0.15, -0.1) is 11.3 Å². The number of ether oxygens (including phenoxy) is 1. The van der Waals surface area contributed by atoms with E-state index in [-0.39, 0.29) is 18.3 Å². The molecule has 0 aliphatic heterocycles. The van der Waals surface area contributed by atoms with Crippen LogP contribution in [-0.4, -0.2) is 49.7 Å². The van der Waals surface area contributed by atoms with Crippen molar-refractivity contribution in [3.63, 3.8) is 0 Å². The van der Waals surface area contributed by atoms with Crippen LogP contribution < -0.4 is 10.2 Å². The number of nitrogens with one attached hydrogen (secondary N) is 1. The molecule has 0 saturated carbocycles. The van der Waals surface area contributed by atoms with Gasteiger partial charge in [0, 0.05) is 32.2 Å². The van der Waals surface area contributed by atoms with E-state index in [0.717, 1.165) is 27.1 Å². The fourth-order valence-corrected chi connectivity index (χ4v) is 3.82. The third kappa shape index (κ3) is 4.78. The first kappa shape index (κ1) is 19.2. The second-order valence-electron chi connectivity index (χ2n) is 6.08. The Morgan fingerprint density at radius 1 is 1.30 bits per heavy atom. The van der Waals surface area contributed by atoms with Gasteiger partial charge in [0.25, 0.3) is 0 Å². The van der Waals surface area contributed by atoms with E-state index in [1.807, 2.05) is 13.1 Å². The number of thiophene rings is 1. The number of nitrogens with zero attached hydrogens (tertiary/aromatic N) is 3. The highest BCUT2D eigenvalue weighted by Crippen LogP contribution is 2.36. The van der Waals surface area contributed by atoms with Crippen molar-refractivity contribution < 1.29 is 13.9 Å². The van der Waals surface area contributed by atoms with Crippen LogP contribution >= 0.6 is 11.3 Å². The molecule has 27 heavy (non-hydrogen) atoms. The molecule has 2 heterocycles. The van der Waals surface area contributed by atoms with Crippen molar-refractivity contribution in [2.75, 3.05) is 38.8 Å². The highest BCUT2D eigenvalue weighted by atomic mass is 32.1. The minimum Gasteiger partial charge on any atom is -0.385 e. The molecule has 1 amide bonds. The van der Waals surface area contributed by atoms with E-state index >= 15 is 0 Å². The molecule has 2 aromatic heterocycles. The molecule has 1 N–H and O–H groups in total. The number of rotatable bonds is 8. The maximum atomic E-state index is 13.2. The smallest absolute Gasteiger partial charge is 0.239 e. The van der Waals surface area contributed by atoms with Crippen LogP contribution in [0.2, 0.25) is 0 Å². The van der Waals surface area contributed by atoms with Gasteiger partial charge in [0.1, 0.15) is 18.0 Å². The fraction of sp³-hybridized carbons (Fsp3) is 0.316. The first-order chi connectivity index (χ1) is 13.1. The summed E-state index contributed by atoms with van der Waals surface area (Å²) in [4.78, 5) is 23.6. The number of carbonyl (C=O) groups is 1. The van der Waals surface area contributed by atoms with Crippen LogP contribution in [0.25, 0.3) is 20.7 Å². The Labute approximate surface area is 161 Å². The number of fused-ring (bicyclic) bond motifs is 1. The second kappa shape index (κ2) is 8.88. The van der Waals surface area contributed by atoms with Crippen LogP contribution in [0.1, 0.15) is 6.42 Å². The molecule has 3 rings (SSSR count). The standard InChI is InChI=1S/C19H21FN4O2S/c1-24(11-17(25)21-8-3-9-26-2)19-18-15(22-12-23-19)10-16(27-18)13-4-6-14(20)7-5-13/h4-7,10,12H,3,8-9,11H2,1-2H3,(H,21,25). The molecule has 0 saturated heterocycles. The molecule has 0 radical (unpaired) electrons. The van der Waals surface area contributed by atoms with Gasteiger partial charge in [0.05, 0.1) is 16.8 Å². The summed E-state index contributed by atoms with van der Waals surface area (Å²) in [6.45, 7) is 1.39. The van der Waals surface area contributed by atoms with Crippen molar-refractivity contribution in [3.8, 4) is 10.4 Å². The lowest BCUT2D eigenvalue weighted by Crippen LogP contribution is -2.36. The first-order valence-electron chi connectivity index (χ1n) is 8.55. The maximum absolute atomic E-state index is 13.2. The van der Waals surface area contributed by atoms with Gasteiger partial charge in [-0.1, -0.05) is 12.1 Å². The number of hydrogen-bond acceptors (Lipinski definition) is 6. The number of aromatic nitrogens is 2. The zero-order valence-corrected chi connectivity index (χ0v) is 16.1. The van der Waals surface area contributed by atoms with Gasteiger partial charge >= 0.3 is 0 Å². The second-order valence-corrected chi connectivity index (χ2v) is 7.13. The molecule has 0 aliphatic rings.